The van der Waals surface area contributed by atoms with Gasteiger partial charge < -0.3 is 14.2 Å². The van der Waals surface area contributed by atoms with Gasteiger partial charge in [-0.3, -0.25) is 4.79 Å². The lowest BCUT2D eigenvalue weighted by Crippen LogP contribution is -2.25. The number of hydrogen-bond acceptors (Lipinski definition) is 5. The molecule has 178 valence electrons. The maximum Gasteiger partial charge on any atom is 0.277 e. The van der Waals surface area contributed by atoms with Gasteiger partial charge in [0.1, 0.15) is 12.4 Å². The topological polar surface area (TPSA) is 69.2 Å². The molecule has 34 heavy (non-hydrogen) atoms. The maximum atomic E-state index is 12.2. The number of ether oxygens (including phenoxy) is 3. The van der Waals surface area contributed by atoms with Crippen molar-refractivity contribution in [2.24, 2.45) is 5.10 Å². The molecule has 6 nitrogen and oxygen atoms in total. The number of hydrogen-bond donors (Lipinski definition) is 1. The van der Waals surface area contributed by atoms with Gasteiger partial charge in [0, 0.05) is 4.47 Å². The number of nitrogens with one attached hydrogen (secondary N) is 1. The molecule has 1 N–H and O–H groups in total. The Kier molecular flexibility index (Phi) is 9.53. The molecule has 0 heterocycles. The predicted molar refractivity (Wildman–Crippen MR) is 141 cm³/mol. The van der Waals surface area contributed by atoms with Crippen LogP contribution in [0.4, 0.5) is 0 Å². The minimum atomic E-state index is -0.350. The number of benzene rings is 3. The lowest BCUT2D eigenvalue weighted by atomic mass is 10.1. The van der Waals surface area contributed by atoms with Crippen LogP contribution in [0.3, 0.4) is 0 Å². The molecular weight excluding hydrogens is 564 g/mol. The maximum absolute atomic E-state index is 12.2. The van der Waals surface area contributed by atoms with E-state index in [1.165, 1.54) is 0 Å². The molecule has 0 atom stereocenters. The average Bonchev–Trinajstić information content (AvgIpc) is 2.79. The summed E-state index contributed by atoms with van der Waals surface area (Å²) in [6, 6.07) is 17.4. The number of halogens is 2. The van der Waals surface area contributed by atoms with Crippen molar-refractivity contribution in [3.05, 3.63) is 85.8 Å². The van der Waals surface area contributed by atoms with E-state index in [4.69, 9.17) is 14.2 Å². The van der Waals surface area contributed by atoms with Crippen molar-refractivity contribution < 1.29 is 19.0 Å². The van der Waals surface area contributed by atoms with Gasteiger partial charge in [-0.2, -0.15) is 5.10 Å². The van der Waals surface area contributed by atoms with Crippen molar-refractivity contribution >= 4 is 44.0 Å². The fourth-order valence-corrected chi connectivity index (χ4v) is 4.02. The third-order valence-electron chi connectivity index (χ3n) is 4.79. The Labute approximate surface area is 216 Å². The highest BCUT2D eigenvalue weighted by atomic mass is 79.9. The van der Waals surface area contributed by atoms with E-state index in [0.717, 1.165) is 31.2 Å². The first-order valence-electron chi connectivity index (χ1n) is 10.7. The molecule has 3 aromatic rings. The summed E-state index contributed by atoms with van der Waals surface area (Å²) in [6.07, 6.45) is 1.54. The summed E-state index contributed by atoms with van der Waals surface area (Å²) >= 11 is 6.99. The number of hydrazone groups is 1. The zero-order chi connectivity index (χ0) is 24.5. The molecule has 0 bridgehead atoms. The van der Waals surface area contributed by atoms with Gasteiger partial charge in [0.15, 0.2) is 18.1 Å². The second kappa shape index (κ2) is 12.6. The number of amides is 1. The summed E-state index contributed by atoms with van der Waals surface area (Å²) in [5.74, 6) is 1.55. The van der Waals surface area contributed by atoms with E-state index < -0.39 is 0 Å². The van der Waals surface area contributed by atoms with Crippen LogP contribution in [0.2, 0.25) is 0 Å². The van der Waals surface area contributed by atoms with Crippen LogP contribution in [0.5, 0.6) is 17.2 Å². The van der Waals surface area contributed by atoms with Crippen LogP contribution in [0.1, 0.15) is 29.2 Å². The molecule has 3 rings (SSSR count). The first-order valence-corrected chi connectivity index (χ1v) is 12.3. The average molecular weight is 590 g/mol. The van der Waals surface area contributed by atoms with Gasteiger partial charge in [-0.15, -0.1) is 0 Å². The number of carbonyl (C=O) groups excluding carboxylic acids is 1. The monoisotopic (exact) mass is 588 g/mol. The molecule has 8 heteroatoms. The van der Waals surface area contributed by atoms with Crippen LogP contribution in [0.25, 0.3) is 0 Å². The van der Waals surface area contributed by atoms with Crippen molar-refractivity contribution in [1.29, 1.82) is 0 Å². The number of carbonyl (C=O) groups is 1. The van der Waals surface area contributed by atoms with Gasteiger partial charge in [-0.05, 0) is 83.2 Å². The van der Waals surface area contributed by atoms with Gasteiger partial charge in [-0.25, -0.2) is 5.43 Å². The highest BCUT2D eigenvalue weighted by molar-refractivity contribution is 9.10. The Hall–Kier alpha value is -2.84. The molecule has 0 fully saturated rings. The standard InChI is InChI=1S/C26H26Br2N2O4/c1-4-32-23-13-20(12-22(28)26(23)33-15-19-8-10-21(27)11-9-19)14-29-30-24(31)16-34-25-17(2)6-5-7-18(25)3/h5-14H,4,15-16H2,1-3H3,(H,30,31)/b29-14-. The molecule has 0 unspecified atom stereocenters. The van der Waals surface area contributed by atoms with E-state index in [1.807, 2.05) is 75.4 Å². The Morgan fingerprint density at radius 1 is 0.971 bits per heavy atom. The van der Waals surface area contributed by atoms with Gasteiger partial charge in [-0.1, -0.05) is 46.3 Å². The normalized spacial score (nSPS) is 10.9. The molecule has 0 aliphatic heterocycles. The van der Waals surface area contributed by atoms with Crippen LogP contribution in [0.15, 0.2) is 68.6 Å². The van der Waals surface area contributed by atoms with E-state index in [9.17, 15) is 4.79 Å². The highest BCUT2D eigenvalue weighted by Crippen LogP contribution is 2.37. The smallest absolute Gasteiger partial charge is 0.277 e. The molecule has 0 saturated carbocycles. The molecule has 1 amide bonds. The van der Waals surface area contributed by atoms with E-state index in [-0.39, 0.29) is 12.5 Å². The summed E-state index contributed by atoms with van der Waals surface area (Å²) in [6.45, 7) is 6.55. The van der Waals surface area contributed by atoms with Crippen molar-refractivity contribution in [3.8, 4) is 17.2 Å². The minimum absolute atomic E-state index is 0.125. The van der Waals surface area contributed by atoms with Gasteiger partial charge in [0.05, 0.1) is 17.3 Å². The summed E-state index contributed by atoms with van der Waals surface area (Å²) in [7, 11) is 0. The SMILES string of the molecule is CCOc1cc(/C=N\NC(=O)COc2c(C)cccc2C)cc(Br)c1OCc1ccc(Br)cc1. The first-order chi connectivity index (χ1) is 16.4. The van der Waals surface area contributed by atoms with E-state index in [2.05, 4.69) is 42.4 Å². The fraction of sp³-hybridized carbons (Fsp3) is 0.231. The van der Waals surface area contributed by atoms with E-state index >= 15 is 0 Å². The van der Waals surface area contributed by atoms with Crippen LogP contribution in [0, 0.1) is 13.8 Å². The van der Waals surface area contributed by atoms with E-state index in [0.29, 0.717) is 30.5 Å². The Bertz CT molecular complexity index is 1140. The molecule has 0 aliphatic rings. The number of nitrogens with zero attached hydrogens (tertiary/aromatic N) is 1. The zero-order valence-corrected chi connectivity index (χ0v) is 22.4. The highest BCUT2D eigenvalue weighted by Gasteiger charge is 2.13. The predicted octanol–water partition coefficient (Wildman–Crippen LogP) is 6.34. The molecule has 0 aromatic heterocycles. The third-order valence-corrected chi connectivity index (χ3v) is 5.91. The van der Waals surface area contributed by atoms with Gasteiger partial charge in [0.25, 0.3) is 5.91 Å². The fourth-order valence-electron chi connectivity index (χ4n) is 3.18. The number of rotatable bonds is 10. The van der Waals surface area contributed by atoms with Crippen LogP contribution in [-0.4, -0.2) is 25.3 Å². The van der Waals surface area contributed by atoms with Crippen LogP contribution < -0.4 is 19.6 Å². The van der Waals surface area contributed by atoms with Crippen LogP contribution in [-0.2, 0) is 11.4 Å². The first kappa shape index (κ1) is 25.8. The van der Waals surface area contributed by atoms with Crippen molar-refractivity contribution in [3.63, 3.8) is 0 Å². The summed E-state index contributed by atoms with van der Waals surface area (Å²) in [4.78, 5) is 12.2. The molecule has 0 radical (unpaired) electrons. The Morgan fingerprint density at radius 2 is 1.68 bits per heavy atom. The number of para-hydroxylation sites is 1. The van der Waals surface area contributed by atoms with Gasteiger partial charge in [0.2, 0.25) is 0 Å². The molecule has 0 aliphatic carbocycles. The van der Waals surface area contributed by atoms with Crippen molar-refractivity contribution in [2.45, 2.75) is 27.4 Å². The second-order valence-corrected chi connectivity index (χ2v) is 9.25. The quantitative estimate of drug-likeness (QED) is 0.221. The molecule has 0 saturated heterocycles. The van der Waals surface area contributed by atoms with Crippen molar-refractivity contribution in [2.75, 3.05) is 13.2 Å². The molecular formula is C26H26Br2N2O4. The van der Waals surface area contributed by atoms with Crippen LogP contribution >= 0.6 is 31.9 Å². The summed E-state index contributed by atoms with van der Waals surface area (Å²) in [5, 5.41) is 4.05. The summed E-state index contributed by atoms with van der Waals surface area (Å²) in [5.41, 5.74) is 6.22. The van der Waals surface area contributed by atoms with Crippen molar-refractivity contribution in [1.82, 2.24) is 5.43 Å². The van der Waals surface area contributed by atoms with Gasteiger partial charge >= 0.3 is 0 Å². The largest absolute Gasteiger partial charge is 0.490 e. The third kappa shape index (κ3) is 7.33. The lowest BCUT2D eigenvalue weighted by molar-refractivity contribution is -0.123. The lowest BCUT2D eigenvalue weighted by Gasteiger charge is -2.15. The Balaban J connectivity index is 1.62. The van der Waals surface area contributed by atoms with E-state index in [1.54, 1.807) is 6.21 Å². The second-order valence-electron chi connectivity index (χ2n) is 7.48. The summed E-state index contributed by atoms with van der Waals surface area (Å²) < 4.78 is 19.2. The Morgan fingerprint density at radius 3 is 2.35 bits per heavy atom. The molecule has 3 aromatic carbocycles. The minimum Gasteiger partial charge on any atom is -0.490 e. The number of aryl methyl sites for hydroxylation is 2. The molecule has 0 spiro atoms. The zero-order valence-electron chi connectivity index (χ0n) is 19.2.